The van der Waals surface area contributed by atoms with Crippen LogP contribution in [0.1, 0.15) is 44.6 Å². The lowest BCUT2D eigenvalue weighted by Crippen LogP contribution is -2.42. The highest BCUT2D eigenvalue weighted by molar-refractivity contribution is 6.30. The third kappa shape index (κ3) is 3.18. The van der Waals surface area contributed by atoms with Crippen molar-refractivity contribution in [3.8, 4) is 0 Å². The minimum Gasteiger partial charge on any atom is -0.299 e. The van der Waals surface area contributed by atoms with Gasteiger partial charge in [-0.3, -0.25) is 14.9 Å². The molecule has 0 spiro atoms. The summed E-state index contributed by atoms with van der Waals surface area (Å²) in [6.45, 7) is 3.02. The minimum absolute atomic E-state index is 0.0449. The predicted octanol–water partition coefficient (Wildman–Crippen LogP) is 3.85. The van der Waals surface area contributed by atoms with E-state index < -0.39 is 11.5 Å². The van der Waals surface area contributed by atoms with Gasteiger partial charge in [-0.05, 0) is 36.5 Å². The molecule has 0 aromatic heterocycles. The fourth-order valence-electron chi connectivity index (χ4n) is 2.47. The summed E-state index contributed by atoms with van der Waals surface area (Å²) in [4.78, 5) is 23.5. The predicted molar refractivity (Wildman–Crippen MR) is 77.6 cm³/mol. The summed E-state index contributed by atoms with van der Waals surface area (Å²) in [6.07, 6.45) is 2.54. The summed E-state index contributed by atoms with van der Waals surface area (Å²) < 4.78 is 0. The monoisotopic (exact) mass is 295 g/mol. The number of nitro groups is 1. The van der Waals surface area contributed by atoms with Crippen LogP contribution in [0.3, 0.4) is 0 Å². The molecule has 0 aliphatic heterocycles. The van der Waals surface area contributed by atoms with Crippen molar-refractivity contribution in [1.29, 1.82) is 0 Å². The molecule has 1 aliphatic carbocycles. The van der Waals surface area contributed by atoms with E-state index in [0.717, 1.165) is 12.8 Å². The fraction of sp³-hybridized carbons (Fsp3) is 0.533. The summed E-state index contributed by atoms with van der Waals surface area (Å²) in [5.74, 6) is -0.355. The highest BCUT2D eigenvalue weighted by atomic mass is 35.5. The van der Waals surface area contributed by atoms with Gasteiger partial charge in [0, 0.05) is 30.2 Å². The van der Waals surface area contributed by atoms with Crippen LogP contribution >= 0.6 is 11.6 Å². The maximum Gasteiger partial charge on any atom is 0.230 e. The van der Waals surface area contributed by atoms with Gasteiger partial charge < -0.3 is 0 Å². The zero-order valence-electron chi connectivity index (χ0n) is 11.6. The smallest absolute Gasteiger partial charge is 0.230 e. The average molecular weight is 296 g/mol. The zero-order valence-corrected chi connectivity index (χ0v) is 12.4. The first-order chi connectivity index (χ1) is 9.32. The van der Waals surface area contributed by atoms with Crippen LogP contribution in [0.5, 0.6) is 0 Å². The van der Waals surface area contributed by atoms with E-state index in [2.05, 4.69) is 0 Å². The summed E-state index contributed by atoms with van der Waals surface area (Å²) >= 11 is 5.85. The summed E-state index contributed by atoms with van der Waals surface area (Å²) in [5, 5.41) is 11.9. The number of nitrogens with zero attached hydrogens (tertiary/aromatic N) is 1. The minimum atomic E-state index is -1.32. The highest BCUT2D eigenvalue weighted by Gasteiger charge is 2.47. The van der Waals surface area contributed by atoms with Crippen LogP contribution in [0.15, 0.2) is 24.3 Å². The van der Waals surface area contributed by atoms with Crippen molar-refractivity contribution < 1.29 is 9.72 Å². The molecule has 1 aromatic rings. The molecule has 108 valence electrons. The van der Waals surface area contributed by atoms with Gasteiger partial charge in [-0.1, -0.05) is 23.7 Å². The van der Waals surface area contributed by atoms with Crippen LogP contribution < -0.4 is 0 Å². The van der Waals surface area contributed by atoms with Gasteiger partial charge in [0.05, 0.1) is 0 Å². The van der Waals surface area contributed by atoms with Gasteiger partial charge in [-0.2, -0.15) is 0 Å². The van der Waals surface area contributed by atoms with Crippen LogP contribution in [-0.2, 0) is 4.79 Å². The summed E-state index contributed by atoms with van der Waals surface area (Å²) in [7, 11) is 0. The first kappa shape index (κ1) is 15.0. The Morgan fingerprint density at radius 1 is 1.40 bits per heavy atom. The quantitative estimate of drug-likeness (QED) is 0.591. The van der Waals surface area contributed by atoms with Crippen molar-refractivity contribution >= 4 is 17.4 Å². The second-order valence-electron chi connectivity index (χ2n) is 6.01. The Labute approximate surface area is 123 Å². The first-order valence-electron chi connectivity index (χ1n) is 6.75. The van der Waals surface area contributed by atoms with Crippen molar-refractivity contribution in [3.63, 3.8) is 0 Å². The summed E-state index contributed by atoms with van der Waals surface area (Å²) in [5.41, 5.74) is -0.651. The van der Waals surface area contributed by atoms with Gasteiger partial charge in [0.2, 0.25) is 5.54 Å². The molecule has 1 aromatic carbocycles. The molecule has 1 atom stereocenters. The molecule has 2 rings (SSSR count). The Balaban J connectivity index is 2.34. The maximum absolute atomic E-state index is 12.5. The SMILES string of the molecule is CC(C)(C(C(=O)CC1CC1)c1ccc(Cl)cc1)[N+](=O)[O-]. The molecule has 20 heavy (non-hydrogen) atoms. The maximum atomic E-state index is 12.5. The molecule has 1 unspecified atom stereocenters. The van der Waals surface area contributed by atoms with Crippen molar-refractivity contribution in [2.45, 2.75) is 44.6 Å². The van der Waals surface area contributed by atoms with Gasteiger partial charge >= 0.3 is 0 Å². The third-order valence-electron chi connectivity index (χ3n) is 3.89. The molecular formula is C15H18ClNO3. The second-order valence-corrected chi connectivity index (χ2v) is 6.45. The first-order valence-corrected chi connectivity index (χ1v) is 7.13. The Morgan fingerprint density at radius 2 is 1.95 bits per heavy atom. The van der Waals surface area contributed by atoms with E-state index >= 15 is 0 Å². The number of ketones is 1. The highest BCUT2D eigenvalue weighted by Crippen LogP contribution is 2.39. The van der Waals surface area contributed by atoms with Crippen molar-refractivity contribution in [3.05, 3.63) is 45.0 Å². The number of Topliss-reactive ketones (excluding diaryl/α,β-unsaturated/α-hetero) is 1. The van der Waals surface area contributed by atoms with Gasteiger partial charge in [0.25, 0.3) is 0 Å². The summed E-state index contributed by atoms with van der Waals surface area (Å²) in [6, 6.07) is 6.76. The van der Waals surface area contributed by atoms with Crippen LogP contribution in [-0.4, -0.2) is 16.2 Å². The Morgan fingerprint density at radius 3 is 2.40 bits per heavy atom. The van der Waals surface area contributed by atoms with Gasteiger partial charge in [-0.25, -0.2) is 0 Å². The number of hydrogen-bond donors (Lipinski definition) is 0. The largest absolute Gasteiger partial charge is 0.299 e. The normalized spacial score (nSPS) is 16.8. The standard InChI is InChI=1S/C15H18ClNO3/c1-15(2,17(19)20)14(13(18)9-10-3-4-10)11-5-7-12(16)8-6-11/h5-8,10,14H,3-4,9H2,1-2H3. The molecular weight excluding hydrogens is 278 g/mol. The van der Waals surface area contributed by atoms with E-state index in [1.807, 2.05) is 0 Å². The van der Waals surface area contributed by atoms with Gasteiger partial charge in [-0.15, -0.1) is 0 Å². The molecule has 1 saturated carbocycles. The van der Waals surface area contributed by atoms with E-state index in [1.165, 1.54) is 13.8 Å². The Bertz CT molecular complexity index is 520. The molecule has 0 heterocycles. The van der Waals surface area contributed by atoms with Crippen LogP contribution in [0.25, 0.3) is 0 Å². The van der Waals surface area contributed by atoms with Crippen LogP contribution in [0.2, 0.25) is 5.02 Å². The van der Waals surface area contributed by atoms with Crippen LogP contribution in [0, 0.1) is 16.0 Å². The molecule has 0 bridgehead atoms. The zero-order chi connectivity index (χ0) is 14.9. The topological polar surface area (TPSA) is 60.2 Å². The average Bonchev–Trinajstić information content (AvgIpc) is 3.15. The lowest BCUT2D eigenvalue weighted by atomic mass is 9.78. The molecule has 0 radical (unpaired) electrons. The van der Waals surface area contributed by atoms with Crippen LogP contribution in [0.4, 0.5) is 0 Å². The molecule has 5 heteroatoms. The van der Waals surface area contributed by atoms with E-state index in [9.17, 15) is 14.9 Å². The number of carbonyl (C=O) groups is 1. The van der Waals surface area contributed by atoms with E-state index in [0.29, 0.717) is 22.9 Å². The van der Waals surface area contributed by atoms with E-state index in [1.54, 1.807) is 24.3 Å². The lowest BCUT2D eigenvalue weighted by Gasteiger charge is -2.26. The molecule has 4 nitrogen and oxygen atoms in total. The molecule has 1 aliphatic rings. The van der Waals surface area contributed by atoms with Crippen molar-refractivity contribution in [2.75, 3.05) is 0 Å². The second kappa shape index (κ2) is 5.52. The van der Waals surface area contributed by atoms with Crippen molar-refractivity contribution in [2.24, 2.45) is 5.92 Å². The molecule has 0 saturated heterocycles. The third-order valence-corrected chi connectivity index (χ3v) is 4.14. The number of halogens is 1. The number of rotatable bonds is 6. The fourth-order valence-corrected chi connectivity index (χ4v) is 2.60. The molecule has 0 amide bonds. The lowest BCUT2D eigenvalue weighted by molar-refractivity contribution is -0.562. The van der Waals surface area contributed by atoms with E-state index in [-0.39, 0.29) is 10.7 Å². The van der Waals surface area contributed by atoms with Gasteiger partial charge in [0.1, 0.15) is 11.7 Å². The molecule has 1 fully saturated rings. The number of carbonyl (C=O) groups excluding carboxylic acids is 1. The Hall–Kier alpha value is -1.42. The van der Waals surface area contributed by atoms with Gasteiger partial charge in [0.15, 0.2) is 0 Å². The van der Waals surface area contributed by atoms with E-state index in [4.69, 9.17) is 11.6 Å². The Kier molecular flexibility index (Phi) is 4.14. The number of hydrogen-bond acceptors (Lipinski definition) is 3. The number of benzene rings is 1. The molecule has 0 N–H and O–H groups in total. The van der Waals surface area contributed by atoms with Crippen molar-refractivity contribution in [1.82, 2.24) is 0 Å².